The van der Waals surface area contributed by atoms with Crippen molar-refractivity contribution in [2.45, 2.75) is 20.4 Å². The van der Waals surface area contributed by atoms with Gasteiger partial charge in [-0.3, -0.25) is 9.69 Å². The summed E-state index contributed by atoms with van der Waals surface area (Å²) in [5.74, 6) is 0.369. The Balaban J connectivity index is 1.83. The minimum atomic E-state index is 0.0998. The molecule has 2 rings (SSSR count). The molecule has 0 bridgehead atoms. The van der Waals surface area contributed by atoms with Gasteiger partial charge in [-0.05, 0) is 17.7 Å². The van der Waals surface area contributed by atoms with Gasteiger partial charge >= 0.3 is 0 Å². The maximum atomic E-state index is 11.9. The monoisotopic (exact) mass is 280 g/mol. The van der Waals surface area contributed by atoms with E-state index in [0.29, 0.717) is 0 Å². The Bertz CT molecular complexity index is 422. The average molecular weight is 281 g/mol. The molecule has 4 heteroatoms. The molecule has 0 aliphatic carbocycles. The number of carbonyl (C=O) groups is 1. The number of carbonyl (C=O) groups excluding carboxylic acids is 1. The first-order valence-electron chi connectivity index (χ1n) is 6.82. The zero-order chi connectivity index (χ0) is 13.8. The van der Waals surface area contributed by atoms with Crippen LogP contribution in [-0.4, -0.2) is 41.9 Å². The minimum absolute atomic E-state index is 0.0998. The Morgan fingerprint density at radius 3 is 2.26 bits per heavy atom. The Morgan fingerprint density at radius 2 is 1.74 bits per heavy atom. The van der Waals surface area contributed by atoms with E-state index in [9.17, 15) is 4.79 Å². The number of hydrogen-bond donors (Lipinski definition) is 0. The number of rotatable bonds is 3. The van der Waals surface area contributed by atoms with Crippen LogP contribution in [0.4, 0.5) is 0 Å². The highest BCUT2D eigenvalue weighted by atomic mass is 35.5. The van der Waals surface area contributed by atoms with Crippen molar-refractivity contribution in [1.29, 1.82) is 0 Å². The highest BCUT2D eigenvalue weighted by molar-refractivity contribution is 6.30. The van der Waals surface area contributed by atoms with Crippen LogP contribution < -0.4 is 0 Å². The van der Waals surface area contributed by atoms with Crippen LogP contribution >= 0.6 is 11.6 Å². The molecule has 1 aliphatic heterocycles. The SMILES string of the molecule is CC(C)C(=O)N1CCN(Cc2ccc(Cl)cc2)CC1. The highest BCUT2D eigenvalue weighted by Crippen LogP contribution is 2.13. The van der Waals surface area contributed by atoms with Crippen molar-refractivity contribution in [3.05, 3.63) is 34.9 Å². The van der Waals surface area contributed by atoms with E-state index in [0.717, 1.165) is 37.7 Å². The summed E-state index contributed by atoms with van der Waals surface area (Å²) in [5.41, 5.74) is 1.27. The van der Waals surface area contributed by atoms with E-state index in [-0.39, 0.29) is 11.8 Å². The van der Waals surface area contributed by atoms with Gasteiger partial charge in [0.15, 0.2) is 0 Å². The van der Waals surface area contributed by atoms with Gasteiger partial charge in [-0.25, -0.2) is 0 Å². The second-order valence-electron chi connectivity index (χ2n) is 5.38. The smallest absolute Gasteiger partial charge is 0.225 e. The van der Waals surface area contributed by atoms with E-state index in [1.54, 1.807) is 0 Å². The first kappa shape index (κ1) is 14.4. The lowest BCUT2D eigenvalue weighted by Gasteiger charge is -2.35. The molecular formula is C15H21ClN2O. The molecule has 104 valence electrons. The largest absolute Gasteiger partial charge is 0.340 e. The van der Waals surface area contributed by atoms with Crippen molar-refractivity contribution >= 4 is 17.5 Å². The zero-order valence-electron chi connectivity index (χ0n) is 11.6. The minimum Gasteiger partial charge on any atom is -0.340 e. The van der Waals surface area contributed by atoms with E-state index < -0.39 is 0 Å². The van der Waals surface area contributed by atoms with E-state index >= 15 is 0 Å². The number of benzene rings is 1. The first-order chi connectivity index (χ1) is 9.06. The van der Waals surface area contributed by atoms with E-state index in [2.05, 4.69) is 17.0 Å². The molecule has 1 saturated heterocycles. The lowest BCUT2D eigenvalue weighted by atomic mass is 10.1. The molecule has 3 nitrogen and oxygen atoms in total. The number of nitrogens with zero attached hydrogens (tertiary/aromatic N) is 2. The fourth-order valence-electron chi connectivity index (χ4n) is 2.34. The molecule has 1 amide bonds. The van der Waals surface area contributed by atoms with Crippen LogP contribution in [0.15, 0.2) is 24.3 Å². The maximum Gasteiger partial charge on any atom is 0.225 e. The summed E-state index contributed by atoms with van der Waals surface area (Å²) >= 11 is 5.88. The van der Waals surface area contributed by atoms with Gasteiger partial charge in [0.1, 0.15) is 0 Å². The van der Waals surface area contributed by atoms with Gasteiger partial charge in [-0.1, -0.05) is 37.6 Å². The second kappa shape index (κ2) is 6.40. The van der Waals surface area contributed by atoms with Gasteiger partial charge in [0.25, 0.3) is 0 Å². The molecule has 0 radical (unpaired) electrons. The fourth-order valence-corrected chi connectivity index (χ4v) is 2.47. The van der Waals surface area contributed by atoms with E-state index in [1.165, 1.54) is 5.56 Å². The summed E-state index contributed by atoms with van der Waals surface area (Å²) in [4.78, 5) is 16.3. The lowest BCUT2D eigenvalue weighted by molar-refractivity contribution is -0.136. The van der Waals surface area contributed by atoms with Crippen molar-refractivity contribution in [3.8, 4) is 0 Å². The summed E-state index contributed by atoms with van der Waals surface area (Å²) in [6, 6.07) is 7.98. The van der Waals surface area contributed by atoms with Gasteiger partial charge < -0.3 is 4.90 Å². The Labute approximate surface area is 120 Å². The third-order valence-electron chi connectivity index (χ3n) is 3.50. The first-order valence-corrected chi connectivity index (χ1v) is 7.19. The summed E-state index contributed by atoms with van der Waals surface area (Å²) in [6.45, 7) is 8.42. The number of amides is 1. The number of halogens is 1. The van der Waals surface area contributed by atoms with Gasteiger partial charge in [-0.2, -0.15) is 0 Å². The third kappa shape index (κ3) is 3.95. The van der Waals surface area contributed by atoms with Crippen LogP contribution in [-0.2, 0) is 11.3 Å². The number of hydrogen-bond acceptors (Lipinski definition) is 2. The van der Waals surface area contributed by atoms with Crippen molar-refractivity contribution in [1.82, 2.24) is 9.80 Å². The van der Waals surface area contributed by atoms with Crippen LogP contribution in [0.2, 0.25) is 5.02 Å². The summed E-state index contributed by atoms with van der Waals surface area (Å²) in [5, 5.41) is 0.774. The molecular weight excluding hydrogens is 260 g/mol. The van der Waals surface area contributed by atoms with E-state index in [1.807, 2.05) is 30.9 Å². The van der Waals surface area contributed by atoms with Crippen molar-refractivity contribution < 1.29 is 4.79 Å². The lowest BCUT2D eigenvalue weighted by Crippen LogP contribution is -2.49. The molecule has 1 heterocycles. The number of piperazine rings is 1. The Kier molecular flexibility index (Phi) is 4.83. The molecule has 1 aromatic carbocycles. The molecule has 1 aliphatic rings. The normalized spacial score (nSPS) is 16.9. The van der Waals surface area contributed by atoms with E-state index in [4.69, 9.17) is 11.6 Å². The van der Waals surface area contributed by atoms with Crippen LogP contribution in [0.25, 0.3) is 0 Å². The standard InChI is InChI=1S/C15H21ClN2O/c1-12(2)15(19)18-9-7-17(8-10-18)11-13-3-5-14(16)6-4-13/h3-6,12H,7-11H2,1-2H3. The molecule has 1 fully saturated rings. The topological polar surface area (TPSA) is 23.6 Å². The predicted octanol–water partition coefficient (Wildman–Crippen LogP) is 2.64. The molecule has 0 spiro atoms. The Morgan fingerprint density at radius 1 is 1.16 bits per heavy atom. The van der Waals surface area contributed by atoms with Crippen molar-refractivity contribution in [2.75, 3.05) is 26.2 Å². The van der Waals surface area contributed by atoms with Crippen molar-refractivity contribution in [3.63, 3.8) is 0 Å². The highest BCUT2D eigenvalue weighted by Gasteiger charge is 2.22. The van der Waals surface area contributed by atoms with Crippen LogP contribution in [0, 0.1) is 5.92 Å². The average Bonchev–Trinajstić information content (AvgIpc) is 2.41. The van der Waals surface area contributed by atoms with Gasteiger partial charge in [-0.15, -0.1) is 0 Å². The summed E-state index contributed by atoms with van der Waals surface area (Å²) in [6.07, 6.45) is 0. The molecule has 0 saturated carbocycles. The van der Waals surface area contributed by atoms with Gasteiger partial charge in [0.2, 0.25) is 5.91 Å². The van der Waals surface area contributed by atoms with Crippen molar-refractivity contribution in [2.24, 2.45) is 5.92 Å². The van der Waals surface area contributed by atoms with Crippen LogP contribution in [0.3, 0.4) is 0 Å². The van der Waals surface area contributed by atoms with Gasteiger partial charge in [0.05, 0.1) is 0 Å². The molecule has 0 unspecified atom stereocenters. The zero-order valence-corrected chi connectivity index (χ0v) is 12.4. The van der Waals surface area contributed by atoms with Gasteiger partial charge in [0, 0.05) is 43.7 Å². The summed E-state index contributed by atoms with van der Waals surface area (Å²) in [7, 11) is 0. The maximum absolute atomic E-state index is 11.9. The molecule has 0 aromatic heterocycles. The molecule has 0 N–H and O–H groups in total. The molecule has 0 atom stereocenters. The van der Waals surface area contributed by atoms with Crippen LogP contribution in [0.5, 0.6) is 0 Å². The van der Waals surface area contributed by atoms with Crippen LogP contribution in [0.1, 0.15) is 19.4 Å². The molecule has 1 aromatic rings. The summed E-state index contributed by atoms with van der Waals surface area (Å²) < 4.78 is 0. The fraction of sp³-hybridized carbons (Fsp3) is 0.533. The predicted molar refractivity (Wildman–Crippen MR) is 78.1 cm³/mol. The third-order valence-corrected chi connectivity index (χ3v) is 3.75. The Hall–Kier alpha value is -1.06. The quantitative estimate of drug-likeness (QED) is 0.850. The second-order valence-corrected chi connectivity index (χ2v) is 5.82. The molecule has 19 heavy (non-hydrogen) atoms.